The number of carbonyl (C=O) groups excluding carboxylic acids is 1. The average molecular weight is 232 g/mol. The van der Waals surface area contributed by atoms with Crippen molar-refractivity contribution in [3.8, 4) is 0 Å². The maximum Gasteiger partial charge on any atom is 0.223 e. The second kappa shape index (κ2) is 5.61. The van der Waals surface area contributed by atoms with Crippen LogP contribution in [-0.4, -0.2) is 34.2 Å². The number of nitrogens with one attached hydrogen (secondary N) is 1. The van der Waals surface area contributed by atoms with Crippen LogP contribution in [0.4, 0.5) is 0 Å². The molecule has 1 rings (SSSR count). The van der Waals surface area contributed by atoms with Crippen molar-refractivity contribution in [1.29, 1.82) is 0 Å². The van der Waals surface area contributed by atoms with E-state index in [2.05, 4.69) is 5.32 Å². The van der Waals surface area contributed by atoms with Crippen molar-refractivity contribution in [1.82, 2.24) is 5.32 Å². The Morgan fingerprint density at radius 2 is 2.27 bits per heavy atom. The number of rotatable bonds is 4. The lowest BCUT2D eigenvalue weighted by atomic mass is 10.1. The second-order valence-electron chi connectivity index (χ2n) is 4.32. The molecule has 1 saturated carbocycles. The molecule has 3 N–H and O–H groups in total. The first-order chi connectivity index (χ1) is 7.00. The summed E-state index contributed by atoms with van der Waals surface area (Å²) in [5, 5.41) is 2.86. The molecule has 0 radical (unpaired) electrons. The zero-order valence-corrected chi connectivity index (χ0v) is 10.2. The van der Waals surface area contributed by atoms with Gasteiger partial charge in [0.2, 0.25) is 5.91 Å². The van der Waals surface area contributed by atoms with Crippen molar-refractivity contribution >= 4 is 16.7 Å². The summed E-state index contributed by atoms with van der Waals surface area (Å²) in [5.74, 6) is 0.137. The Kier molecular flexibility index (Phi) is 4.73. The molecule has 4 atom stereocenters. The summed E-state index contributed by atoms with van der Waals surface area (Å²) in [6.45, 7) is 2.37. The summed E-state index contributed by atoms with van der Waals surface area (Å²) in [6, 6.07) is 0.179. The zero-order valence-electron chi connectivity index (χ0n) is 9.36. The van der Waals surface area contributed by atoms with Gasteiger partial charge in [-0.3, -0.25) is 9.00 Å². The molecule has 0 aromatic carbocycles. The van der Waals surface area contributed by atoms with Crippen LogP contribution >= 0.6 is 0 Å². The molecule has 0 aromatic rings. The lowest BCUT2D eigenvalue weighted by Gasteiger charge is -2.13. The van der Waals surface area contributed by atoms with Crippen molar-refractivity contribution in [2.24, 2.45) is 11.7 Å². The summed E-state index contributed by atoms with van der Waals surface area (Å²) >= 11 is 0. The highest BCUT2D eigenvalue weighted by molar-refractivity contribution is 7.84. The molecule has 0 saturated heterocycles. The maximum absolute atomic E-state index is 11.7. The molecule has 1 aliphatic rings. The molecule has 1 amide bonds. The number of nitrogens with two attached hydrogens (primary N) is 1. The topological polar surface area (TPSA) is 72.2 Å². The molecule has 5 heteroatoms. The summed E-state index contributed by atoms with van der Waals surface area (Å²) in [5.41, 5.74) is 5.74. The number of amides is 1. The fourth-order valence-corrected chi connectivity index (χ4v) is 2.08. The van der Waals surface area contributed by atoms with Gasteiger partial charge in [0.15, 0.2) is 0 Å². The molecular weight excluding hydrogens is 212 g/mol. The summed E-state index contributed by atoms with van der Waals surface area (Å²) in [7, 11) is -0.875. The first kappa shape index (κ1) is 12.6. The summed E-state index contributed by atoms with van der Waals surface area (Å²) in [4.78, 5) is 11.7. The minimum Gasteiger partial charge on any atom is -0.355 e. The highest BCUT2D eigenvalue weighted by atomic mass is 32.2. The van der Waals surface area contributed by atoms with Crippen LogP contribution in [-0.2, 0) is 15.6 Å². The van der Waals surface area contributed by atoms with Gasteiger partial charge < -0.3 is 11.1 Å². The Bertz CT molecular complexity index is 258. The summed E-state index contributed by atoms with van der Waals surface area (Å²) < 4.78 is 11.1. The smallest absolute Gasteiger partial charge is 0.223 e. The molecular formula is C10H20N2O2S. The third-order valence-corrected chi connectivity index (χ3v) is 4.27. The molecule has 1 fully saturated rings. The van der Waals surface area contributed by atoms with Crippen LogP contribution in [0.3, 0.4) is 0 Å². The molecule has 0 heterocycles. The highest BCUT2D eigenvalue weighted by Crippen LogP contribution is 2.23. The van der Waals surface area contributed by atoms with Gasteiger partial charge in [0, 0.05) is 40.8 Å². The molecule has 4 unspecified atom stereocenters. The maximum atomic E-state index is 11.7. The first-order valence-corrected chi connectivity index (χ1v) is 6.98. The Balaban J connectivity index is 2.27. The van der Waals surface area contributed by atoms with Crippen LogP contribution in [0.15, 0.2) is 0 Å². The molecule has 0 aliphatic heterocycles. The minimum atomic E-state index is -0.875. The fraction of sp³-hybridized carbons (Fsp3) is 0.900. The van der Waals surface area contributed by atoms with E-state index in [4.69, 9.17) is 5.73 Å². The molecule has 0 aromatic heterocycles. The molecule has 0 bridgehead atoms. The van der Waals surface area contributed by atoms with E-state index in [0.29, 0.717) is 6.54 Å². The quantitative estimate of drug-likeness (QED) is 0.716. The molecule has 0 spiro atoms. The van der Waals surface area contributed by atoms with Gasteiger partial charge in [-0.2, -0.15) is 0 Å². The third kappa shape index (κ3) is 3.91. The fourth-order valence-electron chi connectivity index (χ4n) is 1.76. The van der Waals surface area contributed by atoms with Crippen LogP contribution in [0.25, 0.3) is 0 Å². The van der Waals surface area contributed by atoms with Gasteiger partial charge >= 0.3 is 0 Å². The van der Waals surface area contributed by atoms with Gasteiger partial charge in [-0.25, -0.2) is 0 Å². The largest absolute Gasteiger partial charge is 0.355 e. The van der Waals surface area contributed by atoms with Crippen LogP contribution in [0, 0.1) is 5.92 Å². The molecule has 1 aliphatic carbocycles. The third-order valence-electron chi connectivity index (χ3n) is 2.97. The van der Waals surface area contributed by atoms with Crippen LogP contribution in [0.1, 0.15) is 26.2 Å². The normalized spacial score (nSPS) is 29.8. The van der Waals surface area contributed by atoms with E-state index in [-0.39, 0.29) is 23.1 Å². The Labute approximate surface area is 93.4 Å². The summed E-state index contributed by atoms with van der Waals surface area (Å²) in [6.07, 6.45) is 4.27. The lowest BCUT2D eigenvalue weighted by Crippen LogP contribution is -2.36. The van der Waals surface area contributed by atoms with E-state index in [1.165, 1.54) is 0 Å². The SMILES string of the molecule is CC(CNC(=O)C1CCC(N)C1)S(C)=O. The predicted molar refractivity (Wildman–Crippen MR) is 61.9 cm³/mol. The van der Waals surface area contributed by atoms with E-state index in [1.54, 1.807) is 6.26 Å². The van der Waals surface area contributed by atoms with Gasteiger partial charge in [0.05, 0.1) is 0 Å². The van der Waals surface area contributed by atoms with Crippen molar-refractivity contribution < 1.29 is 9.00 Å². The van der Waals surface area contributed by atoms with E-state index in [1.807, 2.05) is 6.92 Å². The molecule has 4 nitrogen and oxygen atoms in total. The second-order valence-corrected chi connectivity index (χ2v) is 6.13. The molecule has 88 valence electrons. The van der Waals surface area contributed by atoms with Gasteiger partial charge in [0.1, 0.15) is 0 Å². The molecule has 15 heavy (non-hydrogen) atoms. The number of hydrogen-bond donors (Lipinski definition) is 2. The van der Waals surface area contributed by atoms with Crippen molar-refractivity contribution in [2.45, 2.75) is 37.5 Å². The predicted octanol–water partition coefficient (Wildman–Crippen LogP) is -0.00300. The van der Waals surface area contributed by atoms with Gasteiger partial charge in [-0.05, 0) is 26.2 Å². The Morgan fingerprint density at radius 1 is 1.60 bits per heavy atom. The van der Waals surface area contributed by atoms with Gasteiger partial charge in [-0.1, -0.05) is 0 Å². The van der Waals surface area contributed by atoms with Crippen LogP contribution < -0.4 is 11.1 Å². The number of hydrogen-bond acceptors (Lipinski definition) is 3. The van der Waals surface area contributed by atoms with Crippen molar-refractivity contribution in [2.75, 3.05) is 12.8 Å². The van der Waals surface area contributed by atoms with E-state index >= 15 is 0 Å². The minimum absolute atomic E-state index is 0.0176. The van der Waals surface area contributed by atoms with Crippen molar-refractivity contribution in [3.63, 3.8) is 0 Å². The van der Waals surface area contributed by atoms with Gasteiger partial charge in [0.25, 0.3) is 0 Å². The number of carbonyl (C=O) groups is 1. The first-order valence-electron chi connectivity index (χ1n) is 5.36. The monoisotopic (exact) mass is 232 g/mol. The lowest BCUT2D eigenvalue weighted by molar-refractivity contribution is -0.124. The standard InChI is InChI=1S/C10H20N2O2S/c1-7(15(2)14)6-12-10(13)8-3-4-9(11)5-8/h7-9H,3-6,11H2,1-2H3,(H,12,13). The van der Waals surface area contributed by atoms with E-state index in [0.717, 1.165) is 19.3 Å². The van der Waals surface area contributed by atoms with E-state index in [9.17, 15) is 9.00 Å². The Morgan fingerprint density at radius 3 is 2.73 bits per heavy atom. The highest BCUT2D eigenvalue weighted by Gasteiger charge is 2.27. The van der Waals surface area contributed by atoms with Crippen molar-refractivity contribution in [3.05, 3.63) is 0 Å². The van der Waals surface area contributed by atoms with Crippen LogP contribution in [0.5, 0.6) is 0 Å². The average Bonchev–Trinajstić information content (AvgIpc) is 2.60. The zero-order chi connectivity index (χ0) is 11.4. The Hall–Kier alpha value is -0.420. The van der Waals surface area contributed by atoms with Gasteiger partial charge in [-0.15, -0.1) is 0 Å². The van der Waals surface area contributed by atoms with E-state index < -0.39 is 10.8 Å². The van der Waals surface area contributed by atoms with Crippen LogP contribution in [0.2, 0.25) is 0 Å².